The smallest absolute Gasteiger partial charge is 0.352 e. The highest BCUT2D eigenvalue weighted by molar-refractivity contribution is 8.00. The van der Waals surface area contributed by atoms with E-state index in [1.165, 1.54) is 16.7 Å². The Morgan fingerprint density at radius 1 is 1.38 bits per heavy atom. The average Bonchev–Trinajstić information content (AvgIpc) is 3.30. The monoisotopic (exact) mass is 349 g/mol. The zero-order valence-corrected chi connectivity index (χ0v) is 13.9. The minimum Gasteiger partial charge on any atom is -0.477 e. The van der Waals surface area contributed by atoms with E-state index in [1.807, 2.05) is 0 Å². The van der Waals surface area contributed by atoms with Crippen molar-refractivity contribution >= 4 is 29.5 Å². The summed E-state index contributed by atoms with van der Waals surface area (Å²) in [5, 5.41) is 12.2. The zero-order valence-electron chi connectivity index (χ0n) is 13.1. The second-order valence-electron chi connectivity index (χ2n) is 6.68. The SMILES string of the molecule is N[C@@H]1C(=O)N2C(C(=O)O)=C(C(CC3CC3)=C3CCNC3=O)CS[C@H]12. The third kappa shape index (κ3) is 2.36. The van der Waals surface area contributed by atoms with Gasteiger partial charge in [0.05, 0.1) is 0 Å². The lowest BCUT2D eigenvalue weighted by atomic mass is 9.91. The van der Waals surface area contributed by atoms with Crippen LogP contribution in [0.25, 0.3) is 0 Å². The van der Waals surface area contributed by atoms with Gasteiger partial charge in [-0.1, -0.05) is 0 Å². The van der Waals surface area contributed by atoms with Crippen LogP contribution in [0.2, 0.25) is 0 Å². The fraction of sp³-hybridized carbons (Fsp3) is 0.562. The highest BCUT2D eigenvalue weighted by atomic mass is 32.2. The van der Waals surface area contributed by atoms with Gasteiger partial charge in [0.15, 0.2) is 0 Å². The van der Waals surface area contributed by atoms with Crippen molar-refractivity contribution < 1.29 is 19.5 Å². The van der Waals surface area contributed by atoms with Crippen molar-refractivity contribution in [2.75, 3.05) is 12.3 Å². The van der Waals surface area contributed by atoms with E-state index in [0.717, 1.165) is 18.4 Å². The van der Waals surface area contributed by atoms with E-state index in [9.17, 15) is 19.5 Å². The van der Waals surface area contributed by atoms with Gasteiger partial charge in [-0.05, 0) is 42.7 Å². The Kier molecular flexibility index (Phi) is 3.69. The molecule has 24 heavy (non-hydrogen) atoms. The van der Waals surface area contributed by atoms with Gasteiger partial charge in [-0.3, -0.25) is 14.5 Å². The van der Waals surface area contributed by atoms with Gasteiger partial charge in [0.1, 0.15) is 17.1 Å². The number of carbonyl (C=O) groups is 3. The summed E-state index contributed by atoms with van der Waals surface area (Å²) in [4.78, 5) is 37.4. The Labute approximate surface area is 143 Å². The van der Waals surface area contributed by atoms with Crippen LogP contribution in [-0.4, -0.2) is 51.5 Å². The first-order valence-corrected chi connectivity index (χ1v) is 9.21. The number of fused-ring (bicyclic) bond motifs is 1. The van der Waals surface area contributed by atoms with E-state index >= 15 is 0 Å². The fourth-order valence-corrected chi connectivity index (χ4v) is 4.93. The summed E-state index contributed by atoms with van der Waals surface area (Å²) >= 11 is 1.48. The molecule has 2 saturated heterocycles. The van der Waals surface area contributed by atoms with Gasteiger partial charge in [0.25, 0.3) is 0 Å². The quantitative estimate of drug-likeness (QED) is 0.493. The Morgan fingerprint density at radius 3 is 2.71 bits per heavy atom. The van der Waals surface area contributed by atoms with Crippen LogP contribution in [0.15, 0.2) is 22.4 Å². The summed E-state index contributed by atoms with van der Waals surface area (Å²) in [5.74, 6) is -0.596. The van der Waals surface area contributed by atoms with E-state index in [-0.39, 0.29) is 22.9 Å². The minimum absolute atomic E-state index is 0.0216. The van der Waals surface area contributed by atoms with Gasteiger partial charge < -0.3 is 16.2 Å². The Bertz CT molecular complexity index is 710. The standard InChI is InChI=1S/C16H19N3O4S/c17-11-14(21)19-12(16(22)23)10(6-24-15(11)19)9(5-7-1-2-7)8-3-4-18-13(8)20/h7,11,15H,1-6,17H2,(H,18,20)(H,22,23)/t11-,15-/m1/s1. The largest absolute Gasteiger partial charge is 0.477 e. The predicted molar refractivity (Wildman–Crippen MR) is 87.7 cm³/mol. The average molecular weight is 349 g/mol. The molecule has 0 aromatic carbocycles. The molecule has 1 saturated carbocycles. The number of nitrogens with two attached hydrogens (primary N) is 1. The molecule has 2 amide bonds. The third-order valence-electron chi connectivity index (χ3n) is 5.06. The van der Waals surface area contributed by atoms with Gasteiger partial charge in [-0.15, -0.1) is 11.8 Å². The maximum absolute atomic E-state index is 12.2. The highest BCUT2D eigenvalue weighted by Crippen LogP contribution is 2.46. The van der Waals surface area contributed by atoms with Crippen LogP contribution in [-0.2, 0) is 14.4 Å². The van der Waals surface area contributed by atoms with E-state index in [0.29, 0.717) is 42.2 Å². The summed E-state index contributed by atoms with van der Waals surface area (Å²) in [6.45, 7) is 0.585. The topological polar surface area (TPSA) is 113 Å². The van der Waals surface area contributed by atoms with Crippen molar-refractivity contribution in [2.45, 2.75) is 37.1 Å². The van der Waals surface area contributed by atoms with Crippen molar-refractivity contribution in [1.29, 1.82) is 0 Å². The lowest BCUT2D eigenvalue weighted by Gasteiger charge is -2.48. The second kappa shape index (κ2) is 5.63. The number of nitrogens with one attached hydrogen (secondary N) is 1. The van der Waals surface area contributed by atoms with Crippen molar-refractivity contribution in [1.82, 2.24) is 10.2 Å². The molecule has 3 aliphatic heterocycles. The molecule has 7 nitrogen and oxygen atoms in total. The fourth-order valence-electron chi connectivity index (χ4n) is 3.60. The van der Waals surface area contributed by atoms with Crippen molar-refractivity contribution in [3.63, 3.8) is 0 Å². The molecule has 0 bridgehead atoms. The van der Waals surface area contributed by atoms with Crippen molar-refractivity contribution in [2.24, 2.45) is 11.7 Å². The van der Waals surface area contributed by atoms with Crippen LogP contribution in [0, 0.1) is 5.92 Å². The number of amides is 2. The molecule has 8 heteroatoms. The van der Waals surface area contributed by atoms with E-state index in [2.05, 4.69) is 5.32 Å². The Morgan fingerprint density at radius 2 is 2.12 bits per heavy atom. The number of hydrogen-bond donors (Lipinski definition) is 3. The third-order valence-corrected chi connectivity index (χ3v) is 6.37. The number of β-lactam (4-membered cyclic amide) rings is 1. The van der Waals surface area contributed by atoms with Crippen molar-refractivity contribution in [3.05, 3.63) is 22.4 Å². The summed E-state index contributed by atoms with van der Waals surface area (Å²) in [6, 6.07) is -0.639. The van der Waals surface area contributed by atoms with Crippen LogP contribution in [0.1, 0.15) is 25.7 Å². The second-order valence-corrected chi connectivity index (χ2v) is 7.78. The van der Waals surface area contributed by atoms with Crippen LogP contribution < -0.4 is 11.1 Å². The molecule has 2 atom stereocenters. The Balaban J connectivity index is 1.82. The van der Waals surface area contributed by atoms with Gasteiger partial charge >= 0.3 is 5.97 Å². The number of thioether (sulfide) groups is 1. The molecule has 0 unspecified atom stereocenters. The molecular formula is C16H19N3O4S. The molecule has 128 valence electrons. The highest BCUT2D eigenvalue weighted by Gasteiger charge is 2.52. The molecule has 4 aliphatic rings. The molecule has 0 aromatic heterocycles. The van der Waals surface area contributed by atoms with Gasteiger partial charge in [0, 0.05) is 17.9 Å². The van der Waals surface area contributed by atoms with E-state index < -0.39 is 12.0 Å². The first-order chi connectivity index (χ1) is 11.5. The molecule has 0 radical (unpaired) electrons. The van der Waals surface area contributed by atoms with Gasteiger partial charge in [0.2, 0.25) is 11.8 Å². The molecule has 3 heterocycles. The number of carboxylic acid groups (broad SMARTS) is 1. The number of hydrogen-bond acceptors (Lipinski definition) is 5. The first-order valence-electron chi connectivity index (χ1n) is 8.16. The van der Waals surface area contributed by atoms with Gasteiger partial charge in [-0.2, -0.15) is 0 Å². The van der Waals surface area contributed by atoms with E-state index in [1.54, 1.807) is 0 Å². The van der Waals surface area contributed by atoms with Gasteiger partial charge in [-0.25, -0.2) is 4.79 Å². The van der Waals surface area contributed by atoms with Crippen LogP contribution in [0.3, 0.4) is 0 Å². The number of allylic oxidation sites excluding steroid dienone is 1. The summed E-state index contributed by atoms with van der Waals surface area (Å²) in [7, 11) is 0. The first kappa shape index (κ1) is 15.7. The van der Waals surface area contributed by atoms with E-state index in [4.69, 9.17) is 5.73 Å². The lowest BCUT2D eigenvalue weighted by molar-refractivity contribution is -0.147. The summed E-state index contributed by atoms with van der Waals surface area (Å²) < 4.78 is 0. The molecule has 0 aromatic rings. The molecule has 0 spiro atoms. The number of carbonyl (C=O) groups excluding carboxylic acids is 2. The molecule has 4 N–H and O–H groups in total. The summed E-state index contributed by atoms with van der Waals surface area (Å²) in [6.07, 6.45) is 3.54. The molecule has 4 rings (SSSR count). The molecular weight excluding hydrogens is 330 g/mol. The van der Waals surface area contributed by atoms with Crippen LogP contribution >= 0.6 is 11.8 Å². The summed E-state index contributed by atoms with van der Waals surface area (Å²) in [5.41, 5.74) is 7.97. The molecule has 3 fully saturated rings. The molecule has 1 aliphatic carbocycles. The lowest BCUT2D eigenvalue weighted by Crippen LogP contribution is -2.68. The predicted octanol–water partition coefficient (Wildman–Crippen LogP) is 0.184. The number of carboxylic acids is 1. The minimum atomic E-state index is -1.12. The van der Waals surface area contributed by atoms with Crippen molar-refractivity contribution in [3.8, 4) is 0 Å². The Hall–Kier alpha value is -1.80. The zero-order chi connectivity index (χ0) is 17.0. The number of nitrogens with zero attached hydrogens (tertiary/aromatic N) is 1. The number of rotatable bonds is 4. The normalized spacial score (nSPS) is 31.6. The van der Waals surface area contributed by atoms with Crippen LogP contribution in [0.5, 0.6) is 0 Å². The maximum Gasteiger partial charge on any atom is 0.352 e. The maximum atomic E-state index is 12.2. The number of aliphatic carboxylic acids is 1. The van der Waals surface area contributed by atoms with Crippen LogP contribution in [0.4, 0.5) is 0 Å².